The molecule has 0 amide bonds. The van der Waals surface area contributed by atoms with Crippen molar-refractivity contribution >= 4 is 16.1 Å². The third kappa shape index (κ3) is 3.48. The molecule has 1 N–H and O–H groups in total. The molecule has 0 aromatic heterocycles. The summed E-state index contributed by atoms with van der Waals surface area (Å²) in [7, 11) is -2.96. The highest BCUT2D eigenvalue weighted by atomic mass is 32.2. The molecule has 1 aromatic carbocycles. The van der Waals surface area contributed by atoms with Gasteiger partial charge in [-0.1, -0.05) is 25.1 Å². The number of aliphatic hydroxyl groups is 1. The summed E-state index contributed by atoms with van der Waals surface area (Å²) >= 11 is 0. The van der Waals surface area contributed by atoms with Crippen LogP contribution in [0.4, 0.5) is 0 Å². The van der Waals surface area contributed by atoms with E-state index in [0.717, 1.165) is 0 Å². The lowest BCUT2D eigenvalue weighted by Crippen LogP contribution is -2.51. The minimum absolute atomic E-state index is 0.0361. The summed E-state index contributed by atoms with van der Waals surface area (Å²) in [5.74, 6) is -0.841. The molecule has 0 aliphatic heterocycles. The van der Waals surface area contributed by atoms with Crippen molar-refractivity contribution in [2.75, 3.05) is 7.11 Å². The predicted octanol–water partition coefficient (Wildman–Crippen LogP) is 1.48. The maximum Gasteiger partial charge on any atom is 0.339 e. The van der Waals surface area contributed by atoms with Crippen molar-refractivity contribution in [1.29, 1.82) is 0 Å². The summed E-state index contributed by atoms with van der Waals surface area (Å²) in [6.07, 6.45) is -0.236. The highest BCUT2D eigenvalue weighted by molar-refractivity contribution is 7.86. The van der Waals surface area contributed by atoms with E-state index in [0.29, 0.717) is 6.42 Å². The molecule has 0 unspecified atom stereocenters. The van der Waals surface area contributed by atoms with Crippen LogP contribution in [0, 0.1) is 5.92 Å². The van der Waals surface area contributed by atoms with Gasteiger partial charge in [0.15, 0.2) is 5.60 Å². The number of hydrogen-bond acceptors (Lipinski definition) is 6. The molecular formula is C15H20O6S. The fourth-order valence-corrected chi connectivity index (χ4v) is 4.17. The zero-order valence-corrected chi connectivity index (χ0v) is 13.4. The summed E-state index contributed by atoms with van der Waals surface area (Å²) in [6, 6.07) is 7.60. The third-order valence-electron chi connectivity index (χ3n) is 3.78. The summed E-state index contributed by atoms with van der Waals surface area (Å²) in [5.41, 5.74) is -1.68. The van der Waals surface area contributed by atoms with E-state index in [1.807, 2.05) is 6.92 Å². The number of benzene rings is 1. The van der Waals surface area contributed by atoms with E-state index in [9.17, 15) is 18.3 Å². The second kappa shape index (κ2) is 6.36. The second-order valence-corrected chi connectivity index (χ2v) is 7.29. The number of carbonyl (C=O) groups excluding carboxylic acids is 1. The maximum atomic E-state index is 12.4. The Labute approximate surface area is 130 Å². The largest absolute Gasteiger partial charge is 0.467 e. The fraction of sp³-hybridized carbons (Fsp3) is 0.533. The molecule has 1 aliphatic rings. The van der Waals surface area contributed by atoms with Gasteiger partial charge in [-0.2, -0.15) is 8.42 Å². The molecular weight excluding hydrogens is 308 g/mol. The van der Waals surface area contributed by atoms with Crippen LogP contribution >= 0.6 is 0 Å². The van der Waals surface area contributed by atoms with Gasteiger partial charge in [0.05, 0.1) is 18.1 Å². The van der Waals surface area contributed by atoms with Gasteiger partial charge in [0, 0.05) is 6.42 Å². The third-order valence-corrected chi connectivity index (χ3v) is 5.16. The lowest BCUT2D eigenvalue weighted by molar-refractivity contribution is -0.167. The van der Waals surface area contributed by atoms with E-state index in [1.165, 1.54) is 19.2 Å². The van der Waals surface area contributed by atoms with Crippen LogP contribution in [-0.2, 0) is 23.8 Å². The van der Waals surface area contributed by atoms with Gasteiger partial charge in [-0.15, -0.1) is 0 Å². The highest BCUT2D eigenvalue weighted by Crippen LogP contribution is 2.38. The number of hydrogen-bond donors (Lipinski definition) is 1. The first-order chi connectivity index (χ1) is 10.3. The molecule has 6 nitrogen and oxygen atoms in total. The van der Waals surface area contributed by atoms with Gasteiger partial charge < -0.3 is 9.84 Å². The molecule has 2 rings (SSSR count). The average Bonchev–Trinajstić information content (AvgIpc) is 2.45. The van der Waals surface area contributed by atoms with Crippen molar-refractivity contribution in [1.82, 2.24) is 0 Å². The first-order valence-corrected chi connectivity index (χ1v) is 8.47. The van der Waals surface area contributed by atoms with Gasteiger partial charge in [-0.3, -0.25) is 0 Å². The van der Waals surface area contributed by atoms with Crippen LogP contribution in [0.2, 0.25) is 0 Å². The summed E-state index contributed by atoms with van der Waals surface area (Å²) in [6.45, 7) is 1.83. The normalized spacial score (nSPS) is 29.0. The number of methoxy groups -OCH3 is 1. The van der Waals surface area contributed by atoms with Crippen LogP contribution in [0.1, 0.15) is 26.2 Å². The Morgan fingerprint density at radius 2 is 1.91 bits per heavy atom. The van der Waals surface area contributed by atoms with Crippen molar-refractivity contribution in [3.63, 3.8) is 0 Å². The monoisotopic (exact) mass is 328 g/mol. The molecule has 0 bridgehead atoms. The highest BCUT2D eigenvalue weighted by Gasteiger charge is 2.50. The standard InChI is InChI=1S/C15H20O6S/c1-11-8-12(16)10-15(9-11,14(17)20-2)21-22(18,19)13-6-4-3-5-7-13/h3-7,11-12,16H,8-10H2,1-2H3/t11-,12+,15-/m1/s1. The predicted molar refractivity (Wildman–Crippen MR) is 78.5 cm³/mol. The van der Waals surface area contributed by atoms with E-state index in [4.69, 9.17) is 8.92 Å². The Morgan fingerprint density at radius 3 is 2.45 bits per heavy atom. The van der Waals surface area contributed by atoms with Crippen molar-refractivity contribution in [2.24, 2.45) is 5.92 Å². The topological polar surface area (TPSA) is 89.9 Å². The summed E-state index contributed by atoms with van der Waals surface area (Å²) in [4.78, 5) is 12.1. The molecule has 22 heavy (non-hydrogen) atoms. The molecule has 3 atom stereocenters. The van der Waals surface area contributed by atoms with E-state index in [-0.39, 0.29) is 23.7 Å². The zero-order chi connectivity index (χ0) is 16.4. The number of aliphatic hydroxyl groups excluding tert-OH is 1. The molecule has 1 aromatic rings. The van der Waals surface area contributed by atoms with Gasteiger partial charge in [0.1, 0.15) is 0 Å². The summed E-state index contributed by atoms with van der Waals surface area (Å²) in [5, 5.41) is 9.94. The number of carbonyl (C=O) groups is 1. The fourth-order valence-electron chi connectivity index (χ4n) is 2.96. The number of esters is 1. The van der Waals surface area contributed by atoms with Crippen LogP contribution in [0.3, 0.4) is 0 Å². The van der Waals surface area contributed by atoms with Crippen molar-refractivity contribution in [3.05, 3.63) is 30.3 Å². The SMILES string of the molecule is COC(=O)[C@@]1(OS(=O)(=O)c2ccccc2)C[C@H](C)C[C@H](O)C1. The minimum Gasteiger partial charge on any atom is -0.467 e. The molecule has 122 valence electrons. The average molecular weight is 328 g/mol. The van der Waals surface area contributed by atoms with Crippen LogP contribution < -0.4 is 0 Å². The maximum absolute atomic E-state index is 12.4. The van der Waals surface area contributed by atoms with Gasteiger partial charge in [0.25, 0.3) is 10.1 Å². The van der Waals surface area contributed by atoms with E-state index >= 15 is 0 Å². The smallest absolute Gasteiger partial charge is 0.339 e. The quantitative estimate of drug-likeness (QED) is 0.665. The molecule has 0 saturated heterocycles. The van der Waals surface area contributed by atoms with Crippen LogP contribution in [-0.4, -0.2) is 38.3 Å². The molecule has 7 heteroatoms. The first-order valence-electron chi connectivity index (χ1n) is 7.06. The minimum atomic E-state index is -4.13. The Bertz CT molecular complexity index is 615. The summed E-state index contributed by atoms with van der Waals surface area (Å²) < 4.78 is 34.9. The van der Waals surface area contributed by atoms with Gasteiger partial charge in [-0.25, -0.2) is 8.98 Å². The first kappa shape index (κ1) is 16.9. The molecule has 1 fully saturated rings. The molecule has 0 heterocycles. The van der Waals surface area contributed by atoms with Crippen LogP contribution in [0.15, 0.2) is 35.2 Å². The Morgan fingerprint density at radius 1 is 1.27 bits per heavy atom. The Kier molecular flexibility index (Phi) is 4.89. The number of rotatable bonds is 4. The van der Waals surface area contributed by atoms with Crippen LogP contribution in [0.25, 0.3) is 0 Å². The van der Waals surface area contributed by atoms with E-state index in [2.05, 4.69) is 0 Å². The van der Waals surface area contributed by atoms with Crippen molar-refractivity contribution in [2.45, 2.75) is 42.8 Å². The van der Waals surface area contributed by atoms with Crippen molar-refractivity contribution in [3.8, 4) is 0 Å². The Balaban J connectivity index is 2.37. The molecule has 1 saturated carbocycles. The molecule has 1 aliphatic carbocycles. The number of ether oxygens (including phenoxy) is 1. The van der Waals surface area contributed by atoms with Crippen molar-refractivity contribution < 1.29 is 27.2 Å². The van der Waals surface area contributed by atoms with Gasteiger partial charge in [0.2, 0.25) is 0 Å². The Hall–Kier alpha value is -1.44. The molecule has 0 spiro atoms. The lowest BCUT2D eigenvalue weighted by atomic mass is 9.77. The van der Waals surface area contributed by atoms with E-state index < -0.39 is 27.8 Å². The molecule has 0 radical (unpaired) electrons. The van der Waals surface area contributed by atoms with E-state index in [1.54, 1.807) is 18.2 Å². The second-order valence-electron chi connectivity index (χ2n) is 5.74. The lowest BCUT2D eigenvalue weighted by Gasteiger charge is -2.38. The van der Waals surface area contributed by atoms with Gasteiger partial charge in [-0.05, 0) is 30.9 Å². The van der Waals surface area contributed by atoms with Crippen LogP contribution in [0.5, 0.6) is 0 Å². The zero-order valence-electron chi connectivity index (χ0n) is 12.6. The van der Waals surface area contributed by atoms with Gasteiger partial charge >= 0.3 is 5.97 Å².